The zero-order chi connectivity index (χ0) is 14.6. The third-order valence-electron chi connectivity index (χ3n) is 2.70. The fourth-order valence-corrected chi connectivity index (χ4v) is 3.46. The molecule has 7 heteroatoms. The topological polar surface area (TPSA) is 43.4 Å². The Bertz CT molecular complexity index is 532. The van der Waals surface area contributed by atoms with Crippen molar-refractivity contribution in [2.24, 2.45) is 11.8 Å². The lowest BCUT2D eigenvalue weighted by Gasteiger charge is -2.20. The maximum atomic E-state index is 11.2. The van der Waals surface area contributed by atoms with Gasteiger partial charge in [0.2, 0.25) is 9.05 Å². The molecule has 0 bridgehead atoms. The molecule has 1 atom stereocenters. The lowest BCUT2D eigenvalue weighted by atomic mass is 9.99. The first-order valence-electron chi connectivity index (χ1n) is 5.69. The first-order chi connectivity index (χ1) is 8.69. The van der Waals surface area contributed by atoms with Gasteiger partial charge in [0.15, 0.2) is 0 Å². The largest absolute Gasteiger partial charge is 0.492 e. The van der Waals surface area contributed by atoms with Crippen LogP contribution in [0.15, 0.2) is 22.7 Å². The van der Waals surface area contributed by atoms with E-state index in [1.54, 1.807) is 18.2 Å². The summed E-state index contributed by atoms with van der Waals surface area (Å²) in [6.07, 6.45) is 0. The number of rotatable bonds is 6. The van der Waals surface area contributed by atoms with E-state index in [4.69, 9.17) is 27.0 Å². The molecule has 0 N–H and O–H groups in total. The number of ether oxygens (including phenoxy) is 1. The number of hydrogen-bond donors (Lipinski definition) is 0. The predicted molar refractivity (Wildman–Crippen MR) is 82.6 cm³/mol. The Kier molecular flexibility index (Phi) is 6.43. The second-order valence-electron chi connectivity index (χ2n) is 4.60. The standard InChI is InChI=1S/C12H15BrCl2O3S/c1-8(2)9(7-19(15,16)17)6-18-12-5-10(13)3-4-11(12)14/h3-5,8-9H,6-7H2,1-2H3. The second-order valence-corrected chi connectivity index (χ2v) is 8.74. The van der Waals surface area contributed by atoms with Crippen LogP contribution in [-0.2, 0) is 9.05 Å². The van der Waals surface area contributed by atoms with Gasteiger partial charge in [-0.1, -0.05) is 41.4 Å². The maximum absolute atomic E-state index is 11.2. The molecule has 1 rings (SSSR count). The van der Waals surface area contributed by atoms with Crippen molar-refractivity contribution in [3.05, 3.63) is 27.7 Å². The van der Waals surface area contributed by atoms with Crippen molar-refractivity contribution in [2.45, 2.75) is 13.8 Å². The summed E-state index contributed by atoms with van der Waals surface area (Å²) in [5.41, 5.74) is 0. The van der Waals surface area contributed by atoms with Crippen molar-refractivity contribution in [2.75, 3.05) is 12.4 Å². The highest BCUT2D eigenvalue weighted by molar-refractivity contribution is 9.10. The van der Waals surface area contributed by atoms with Crippen LogP contribution in [-0.4, -0.2) is 20.8 Å². The van der Waals surface area contributed by atoms with Crippen LogP contribution in [0.4, 0.5) is 0 Å². The molecule has 19 heavy (non-hydrogen) atoms. The van der Waals surface area contributed by atoms with E-state index in [9.17, 15) is 8.42 Å². The summed E-state index contributed by atoms with van der Waals surface area (Å²) in [6.45, 7) is 4.11. The predicted octanol–water partition coefficient (Wildman–Crippen LogP) is 4.32. The molecule has 0 amide bonds. The van der Waals surface area contributed by atoms with Crippen LogP contribution in [0.1, 0.15) is 13.8 Å². The second kappa shape index (κ2) is 7.16. The van der Waals surface area contributed by atoms with Gasteiger partial charge in [-0.25, -0.2) is 8.42 Å². The smallest absolute Gasteiger partial charge is 0.233 e. The summed E-state index contributed by atoms with van der Waals surface area (Å²) in [4.78, 5) is 0. The minimum absolute atomic E-state index is 0.113. The molecule has 0 spiro atoms. The van der Waals surface area contributed by atoms with E-state index in [0.717, 1.165) is 4.47 Å². The van der Waals surface area contributed by atoms with Crippen LogP contribution in [0.5, 0.6) is 5.75 Å². The van der Waals surface area contributed by atoms with Crippen LogP contribution in [0, 0.1) is 11.8 Å². The molecule has 0 aliphatic heterocycles. The molecule has 0 aliphatic carbocycles. The summed E-state index contributed by atoms with van der Waals surface area (Å²) in [5, 5.41) is 0.486. The van der Waals surface area contributed by atoms with E-state index in [1.807, 2.05) is 13.8 Å². The summed E-state index contributed by atoms with van der Waals surface area (Å²) in [6, 6.07) is 5.26. The van der Waals surface area contributed by atoms with Gasteiger partial charge in [0, 0.05) is 21.1 Å². The van der Waals surface area contributed by atoms with Crippen LogP contribution in [0.2, 0.25) is 5.02 Å². The van der Waals surface area contributed by atoms with Crippen LogP contribution < -0.4 is 4.74 Å². The lowest BCUT2D eigenvalue weighted by Crippen LogP contribution is -2.24. The van der Waals surface area contributed by atoms with Gasteiger partial charge in [-0.3, -0.25) is 0 Å². The first kappa shape index (κ1) is 17.1. The van der Waals surface area contributed by atoms with E-state index in [-0.39, 0.29) is 24.2 Å². The zero-order valence-corrected chi connectivity index (χ0v) is 14.5. The number of halogens is 3. The summed E-state index contributed by atoms with van der Waals surface area (Å²) in [5.74, 6) is 0.364. The minimum Gasteiger partial charge on any atom is -0.492 e. The summed E-state index contributed by atoms with van der Waals surface area (Å²) in [7, 11) is 1.75. The van der Waals surface area contributed by atoms with Gasteiger partial charge in [-0.05, 0) is 24.1 Å². The highest BCUT2D eigenvalue weighted by Gasteiger charge is 2.21. The summed E-state index contributed by atoms with van der Waals surface area (Å²) < 4.78 is 28.8. The average molecular weight is 390 g/mol. The molecule has 1 aromatic rings. The van der Waals surface area contributed by atoms with Crippen molar-refractivity contribution in [1.29, 1.82) is 0 Å². The SMILES string of the molecule is CC(C)C(COc1cc(Br)ccc1Cl)CS(=O)(=O)Cl. The Morgan fingerprint density at radius 3 is 2.53 bits per heavy atom. The molecule has 0 aromatic heterocycles. The monoisotopic (exact) mass is 388 g/mol. The number of hydrogen-bond acceptors (Lipinski definition) is 3. The highest BCUT2D eigenvalue weighted by atomic mass is 79.9. The third-order valence-corrected chi connectivity index (χ3v) is 4.71. The molecule has 0 saturated heterocycles. The fourth-order valence-electron chi connectivity index (χ4n) is 1.47. The average Bonchev–Trinajstić information content (AvgIpc) is 2.26. The Hall–Kier alpha value is 0.0300. The van der Waals surface area contributed by atoms with Gasteiger partial charge >= 0.3 is 0 Å². The van der Waals surface area contributed by atoms with Crippen LogP contribution >= 0.6 is 38.2 Å². The van der Waals surface area contributed by atoms with Gasteiger partial charge in [0.1, 0.15) is 5.75 Å². The Labute approximate surface area is 131 Å². The fraction of sp³-hybridized carbons (Fsp3) is 0.500. The van der Waals surface area contributed by atoms with Crippen molar-refractivity contribution >= 4 is 47.3 Å². The molecule has 108 valence electrons. The van der Waals surface area contributed by atoms with Gasteiger partial charge in [0.05, 0.1) is 17.4 Å². The quantitative estimate of drug-likeness (QED) is 0.680. The van der Waals surface area contributed by atoms with Gasteiger partial charge in [0.25, 0.3) is 0 Å². The molecule has 0 fully saturated rings. The van der Waals surface area contributed by atoms with Gasteiger partial charge in [-0.15, -0.1) is 0 Å². The van der Waals surface area contributed by atoms with Crippen LogP contribution in [0.3, 0.4) is 0 Å². The molecule has 0 heterocycles. The van der Waals surface area contributed by atoms with E-state index in [2.05, 4.69) is 15.9 Å². The molecule has 3 nitrogen and oxygen atoms in total. The lowest BCUT2D eigenvalue weighted by molar-refractivity contribution is 0.225. The molecular weight excluding hydrogens is 375 g/mol. The third kappa shape index (κ3) is 6.34. The molecule has 1 aromatic carbocycles. The van der Waals surface area contributed by atoms with E-state index >= 15 is 0 Å². The summed E-state index contributed by atoms with van der Waals surface area (Å²) >= 11 is 9.33. The Morgan fingerprint density at radius 1 is 1.37 bits per heavy atom. The zero-order valence-electron chi connectivity index (χ0n) is 10.6. The molecule has 0 radical (unpaired) electrons. The maximum Gasteiger partial charge on any atom is 0.233 e. The van der Waals surface area contributed by atoms with Crippen molar-refractivity contribution in [3.63, 3.8) is 0 Å². The Balaban J connectivity index is 2.74. The molecule has 0 saturated carbocycles. The van der Waals surface area contributed by atoms with Gasteiger partial charge in [-0.2, -0.15) is 0 Å². The minimum atomic E-state index is -3.54. The number of benzene rings is 1. The van der Waals surface area contributed by atoms with E-state index in [0.29, 0.717) is 10.8 Å². The molecule has 0 aliphatic rings. The molecular formula is C12H15BrCl2O3S. The van der Waals surface area contributed by atoms with E-state index < -0.39 is 9.05 Å². The molecule has 1 unspecified atom stereocenters. The highest BCUT2D eigenvalue weighted by Crippen LogP contribution is 2.29. The van der Waals surface area contributed by atoms with Gasteiger partial charge < -0.3 is 4.74 Å². The van der Waals surface area contributed by atoms with Crippen molar-refractivity contribution < 1.29 is 13.2 Å². The Morgan fingerprint density at radius 2 is 2.00 bits per heavy atom. The van der Waals surface area contributed by atoms with Crippen molar-refractivity contribution in [1.82, 2.24) is 0 Å². The van der Waals surface area contributed by atoms with E-state index in [1.165, 1.54) is 0 Å². The van der Waals surface area contributed by atoms with Crippen LogP contribution in [0.25, 0.3) is 0 Å². The first-order valence-corrected chi connectivity index (χ1v) is 9.34. The van der Waals surface area contributed by atoms with Crippen molar-refractivity contribution in [3.8, 4) is 5.75 Å². The normalized spacial score (nSPS) is 13.6.